The largest absolute Gasteiger partial charge is 0.333 e. The fraction of sp³-hybridized carbons (Fsp3) is 0.353. The maximum absolute atomic E-state index is 12.3. The van der Waals surface area contributed by atoms with E-state index in [1.807, 2.05) is 48.3 Å². The highest BCUT2D eigenvalue weighted by Gasteiger charge is 2.25. The molecule has 1 heterocycles. The first-order chi connectivity index (χ1) is 9.81. The third kappa shape index (κ3) is 4.07. The third-order valence-corrected chi connectivity index (χ3v) is 3.49. The molecule has 3 nitrogen and oxygen atoms in total. The Morgan fingerprint density at radius 1 is 1.35 bits per heavy atom. The van der Waals surface area contributed by atoms with Crippen LogP contribution in [0.15, 0.2) is 54.6 Å². The summed E-state index contributed by atoms with van der Waals surface area (Å²) in [6.07, 6.45) is 8.17. The van der Waals surface area contributed by atoms with Gasteiger partial charge >= 0.3 is 0 Å². The van der Waals surface area contributed by atoms with Gasteiger partial charge in [-0.15, -0.1) is 0 Å². The van der Waals surface area contributed by atoms with Gasteiger partial charge in [0.1, 0.15) is 0 Å². The van der Waals surface area contributed by atoms with E-state index in [1.54, 1.807) is 6.08 Å². The second-order valence-electron chi connectivity index (χ2n) is 4.96. The van der Waals surface area contributed by atoms with Gasteiger partial charge in [0.2, 0.25) is 5.91 Å². The number of hydrogen-bond donors (Lipinski definition) is 1. The van der Waals surface area contributed by atoms with Crippen LogP contribution in [0.5, 0.6) is 0 Å². The van der Waals surface area contributed by atoms with Crippen molar-refractivity contribution >= 4 is 5.91 Å². The van der Waals surface area contributed by atoms with Crippen LogP contribution in [-0.2, 0) is 11.2 Å². The summed E-state index contributed by atoms with van der Waals surface area (Å²) in [4.78, 5) is 14.2. The van der Waals surface area contributed by atoms with Crippen LogP contribution in [0, 0.1) is 0 Å². The number of nitrogens with one attached hydrogen (secondary N) is 1. The van der Waals surface area contributed by atoms with Crippen LogP contribution in [0.2, 0.25) is 0 Å². The van der Waals surface area contributed by atoms with Crippen molar-refractivity contribution in [3.05, 3.63) is 60.2 Å². The summed E-state index contributed by atoms with van der Waals surface area (Å²) in [5, 5.41) is 3.38. The zero-order valence-corrected chi connectivity index (χ0v) is 12.0. The molecule has 1 N–H and O–H groups in total. The molecule has 0 saturated carbocycles. The Labute approximate surface area is 121 Å². The second kappa shape index (κ2) is 7.65. The average Bonchev–Trinajstić information content (AvgIpc) is 2.49. The number of carbonyl (C=O) groups is 1. The molecule has 1 fully saturated rings. The van der Waals surface area contributed by atoms with Crippen molar-refractivity contribution < 1.29 is 4.79 Å². The Morgan fingerprint density at radius 3 is 2.90 bits per heavy atom. The molecule has 1 saturated heterocycles. The van der Waals surface area contributed by atoms with Gasteiger partial charge in [-0.25, -0.2) is 0 Å². The molecule has 1 aliphatic rings. The lowest BCUT2D eigenvalue weighted by Crippen LogP contribution is -2.54. The maximum Gasteiger partial charge on any atom is 0.246 e. The van der Waals surface area contributed by atoms with Crippen molar-refractivity contribution in [2.45, 2.75) is 19.4 Å². The number of benzene rings is 1. The van der Waals surface area contributed by atoms with Gasteiger partial charge in [-0.05, 0) is 18.9 Å². The standard InChI is InChI=1S/C17H22N2O/c1-2-3-5-10-17(20)19-12-11-18-14-16(19)13-15-8-6-4-7-9-15/h2-10,16,18H,11-14H2,1H3/b3-2+,10-5+. The van der Waals surface area contributed by atoms with Crippen LogP contribution in [0.4, 0.5) is 0 Å². The molecule has 0 spiro atoms. The summed E-state index contributed by atoms with van der Waals surface area (Å²) in [7, 11) is 0. The van der Waals surface area contributed by atoms with Gasteiger partial charge in [0.05, 0.1) is 0 Å². The summed E-state index contributed by atoms with van der Waals surface area (Å²) < 4.78 is 0. The first kappa shape index (κ1) is 14.5. The SMILES string of the molecule is C/C=C/C=C/C(=O)N1CCNCC1Cc1ccccc1. The van der Waals surface area contributed by atoms with Crippen LogP contribution >= 0.6 is 0 Å². The molecule has 1 amide bonds. The van der Waals surface area contributed by atoms with Gasteiger partial charge in [0, 0.05) is 31.8 Å². The molecule has 0 radical (unpaired) electrons. The molecular weight excluding hydrogens is 248 g/mol. The van der Waals surface area contributed by atoms with Gasteiger partial charge in [0.15, 0.2) is 0 Å². The number of amides is 1. The van der Waals surface area contributed by atoms with Gasteiger partial charge in [-0.3, -0.25) is 4.79 Å². The molecule has 0 aliphatic carbocycles. The highest BCUT2D eigenvalue weighted by atomic mass is 16.2. The Bertz CT molecular complexity index is 479. The Kier molecular flexibility index (Phi) is 5.56. The van der Waals surface area contributed by atoms with E-state index >= 15 is 0 Å². The Hall–Kier alpha value is -1.87. The lowest BCUT2D eigenvalue weighted by Gasteiger charge is -2.35. The minimum atomic E-state index is 0.102. The lowest BCUT2D eigenvalue weighted by atomic mass is 10.0. The van der Waals surface area contributed by atoms with E-state index in [4.69, 9.17) is 0 Å². The van der Waals surface area contributed by atoms with Crippen molar-refractivity contribution in [1.29, 1.82) is 0 Å². The molecule has 2 rings (SSSR count). The fourth-order valence-corrected chi connectivity index (χ4v) is 2.46. The third-order valence-electron chi connectivity index (χ3n) is 3.49. The summed E-state index contributed by atoms with van der Waals surface area (Å²) in [5.74, 6) is 0.102. The lowest BCUT2D eigenvalue weighted by molar-refractivity contribution is -0.129. The van der Waals surface area contributed by atoms with Gasteiger partial charge in [0.25, 0.3) is 0 Å². The van der Waals surface area contributed by atoms with E-state index in [9.17, 15) is 4.79 Å². The zero-order chi connectivity index (χ0) is 14.2. The number of rotatable bonds is 4. The summed E-state index contributed by atoms with van der Waals surface area (Å²) in [6.45, 7) is 4.45. The van der Waals surface area contributed by atoms with Gasteiger partial charge < -0.3 is 10.2 Å². The average molecular weight is 270 g/mol. The molecule has 1 aliphatic heterocycles. The summed E-state index contributed by atoms with van der Waals surface area (Å²) >= 11 is 0. The van der Waals surface area contributed by atoms with E-state index in [-0.39, 0.29) is 11.9 Å². The molecule has 1 aromatic carbocycles. The van der Waals surface area contributed by atoms with Crippen molar-refractivity contribution in [1.82, 2.24) is 10.2 Å². The van der Waals surface area contributed by atoms with E-state index in [0.29, 0.717) is 0 Å². The van der Waals surface area contributed by atoms with Crippen molar-refractivity contribution in [3.8, 4) is 0 Å². The molecule has 20 heavy (non-hydrogen) atoms. The topological polar surface area (TPSA) is 32.3 Å². The number of hydrogen-bond acceptors (Lipinski definition) is 2. The minimum Gasteiger partial charge on any atom is -0.333 e. The number of piperazine rings is 1. The first-order valence-electron chi connectivity index (χ1n) is 7.16. The molecule has 1 aromatic rings. The zero-order valence-electron chi connectivity index (χ0n) is 12.0. The van der Waals surface area contributed by atoms with E-state index in [0.717, 1.165) is 26.1 Å². The maximum atomic E-state index is 12.3. The van der Waals surface area contributed by atoms with Crippen LogP contribution in [0.3, 0.4) is 0 Å². The van der Waals surface area contributed by atoms with Crippen molar-refractivity contribution in [2.75, 3.05) is 19.6 Å². The minimum absolute atomic E-state index is 0.102. The Morgan fingerprint density at radius 2 is 2.15 bits per heavy atom. The van der Waals surface area contributed by atoms with E-state index < -0.39 is 0 Å². The van der Waals surface area contributed by atoms with Crippen molar-refractivity contribution in [2.24, 2.45) is 0 Å². The van der Waals surface area contributed by atoms with E-state index in [2.05, 4.69) is 17.4 Å². The normalized spacial score (nSPS) is 19.9. The smallest absolute Gasteiger partial charge is 0.246 e. The van der Waals surface area contributed by atoms with Crippen LogP contribution in [0.1, 0.15) is 12.5 Å². The second-order valence-corrected chi connectivity index (χ2v) is 4.96. The summed E-state index contributed by atoms with van der Waals surface area (Å²) in [5.41, 5.74) is 1.27. The first-order valence-corrected chi connectivity index (χ1v) is 7.16. The molecule has 0 bridgehead atoms. The molecular formula is C17H22N2O. The quantitative estimate of drug-likeness (QED) is 0.672. The molecule has 1 unspecified atom stereocenters. The molecule has 0 aromatic heterocycles. The Balaban J connectivity index is 2.03. The van der Waals surface area contributed by atoms with Crippen LogP contribution < -0.4 is 5.32 Å². The monoisotopic (exact) mass is 270 g/mol. The van der Waals surface area contributed by atoms with Crippen LogP contribution in [-0.4, -0.2) is 36.5 Å². The molecule has 106 valence electrons. The number of nitrogens with zero attached hydrogens (tertiary/aromatic N) is 1. The fourth-order valence-electron chi connectivity index (χ4n) is 2.46. The van der Waals surface area contributed by atoms with Gasteiger partial charge in [-0.2, -0.15) is 0 Å². The number of allylic oxidation sites excluding steroid dienone is 3. The molecule has 3 heteroatoms. The van der Waals surface area contributed by atoms with Crippen LogP contribution in [0.25, 0.3) is 0 Å². The van der Waals surface area contributed by atoms with E-state index in [1.165, 1.54) is 5.56 Å². The summed E-state index contributed by atoms with van der Waals surface area (Å²) in [6, 6.07) is 10.6. The van der Waals surface area contributed by atoms with Gasteiger partial charge in [-0.1, -0.05) is 48.6 Å². The predicted molar refractivity (Wildman–Crippen MR) is 82.5 cm³/mol. The number of carbonyl (C=O) groups excluding carboxylic acids is 1. The highest BCUT2D eigenvalue weighted by Crippen LogP contribution is 2.11. The van der Waals surface area contributed by atoms with Crippen molar-refractivity contribution in [3.63, 3.8) is 0 Å². The highest BCUT2D eigenvalue weighted by molar-refractivity contribution is 5.88. The molecule has 1 atom stereocenters. The predicted octanol–water partition coefficient (Wildman–Crippen LogP) is 2.16.